The van der Waals surface area contributed by atoms with Crippen LogP contribution in [0, 0.1) is 6.92 Å². The molecule has 2 aromatic carbocycles. The maximum Gasteiger partial charge on any atom is 0.341 e. The molecule has 0 aromatic heterocycles. The Labute approximate surface area is 183 Å². The summed E-state index contributed by atoms with van der Waals surface area (Å²) >= 11 is 0. The van der Waals surface area contributed by atoms with Gasteiger partial charge in [-0.15, -0.1) is 0 Å². The van der Waals surface area contributed by atoms with Crippen molar-refractivity contribution in [1.82, 2.24) is 4.90 Å². The second kappa shape index (κ2) is 8.80. The van der Waals surface area contributed by atoms with Gasteiger partial charge in [0.15, 0.2) is 6.61 Å². The zero-order valence-electron chi connectivity index (χ0n) is 17.4. The number of nitrogens with one attached hydrogen (secondary N) is 1. The van der Waals surface area contributed by atoms with E-state index in [9.17, 15) is 19.2 Å². The Hall–Kier alpha value is -3.72. The van der Waals surface area contributed by atoms with Gasteiger partial charge in [0.1, 0.15) is 5.75 Å². The van der Waals surface area contributed by atoms with Gasteiger partial charge in [-0.05, 0) is 61.7 Å². The molecule has 1 atom stereocenters. The van der Waals surface area contributed by atoms with E-state index in [2.05, 4.69) is 5.32 Å². The number of nitrogens with zero attached hydrogens (tertiary/aromatic N) is 1. The van der Waals surface area contributed by atoms with Crippen LogP contribution in [0.3, 0.4) is 0 Å². The molecule has 2 N–H and O–H groups in total. The van der Waals surface area contributed by atoms with Gasteiger partial charge in [-0.2, -0.15) is 0 Å². The smallest absolute Gasteiger partial charge is 0.341 e. The van der Waals surface area contributed by atoms with Crippen molar-refractivity contribution in [2.45, 2.75) is 25.9 Å². The van der Waals surface area contributed by atoms with Crippen LogP contribution in [0.1, 0.15) is 49.5 Å². The van der Waals surface area contributed by atoms with Crippen molar-refractivity contribution in [3.63, 3.8) is 0 Å². The van der Waals surface area contributed by atoms with E-state index in [-0.39, 0.29) is 35.2 Å². The number of carbonyl (C=O) groups excluding carboxylic acids is 3. The molecule has 0 saturated carbocycles. The fraction of sp³-hybridized carbons (Fsp3) is 0.304. The Morgan fingerprint density at radius 3 is 2.62 bits per heavy atom. The Morgan fingerprint density at radius 1 is 1.16 bits per heavy atom. The number of carbonyl (C=O) groups is 4. The minimum Gasteiger partial charge on any atom is -0.482 e. The number of anilines is 1. The Kier molecular flexibility index (Phi) is 5.91. The summed E-state index contributed by atoms with van der Waals surface area (Å²) in [6.07, 6.45) is 1.57. The van der Waals surface area contributed by atoms with Crippen LogP contribution >= 0.6 is 0 Å². The molecule has 1 fully saturated rings. The summed E-state index contributed by atoms with van der Waals surface area (Å²) in [7, 11) is 0. The molecule has 2 aliphatic heterocycles. The van der Waals surface area contributed by atoms with Crippen LogP contribution in [0.2, 0.25) is 0 Å². The van der Waals surface area contributed by atoms with Gasteiger partial charge in [0.25, 0.3) is 17.7 Å². The van der Waals surface area contributed by atoms with Crippen molar-refractivity contribution in [3.05, 3.63) is 58.7 Å². The maximum atomic E-state index is 12.8. The van der Waals surface area contributed by atoms with Crippen LogP contribution in [0.15, 0.2) is 36.4 Å². The van der Waals surface area contributed by atoms with E-state index in [1.165, 1.54) is 23.1 Å². The third-order valence-electron chi connectivity index (χ3n) is 5.45. The lowest BCUT2D eigenvalue weighted by Crippen LogP contribution is -2.36. The van der Waals surface area contributed by atoms with Crippen molar-refractivity contribution >= 4 is 29.4 Å². The summed E-state index contributed by atoms with van der Waals surface area (Å²) in [4.78, 5) is 50.0. The van der Waals surface area contributed by atoms with Crippen molar-refractivity contribution in [3.8, 4) is 5.75 Å². The highest BCUT2D eigenvalue weighted by atomic mass is 16.5. The SMILES string of the molecule is Cc1cc(OCC(=O)O)ccc1NC(=O)c1ccc2c(c1)C(=O)N(CC1CCCO1)C2=O. The molecule has 1 saturated heterocycles. The molecule has 4 rings (SSSR count). The number of hydrogen-bond donors (Lipinski definition) is 2. The third kappa shape index (κ3) is 4.33. The number of amides is 3. The van der Waals surface area contributed by atoms with Crippen molar-refractivity contribution in [2.75, 3.05) is 25.1 Å². The molecule has 1 unspecified atom stereocenters. The van der Waals surface area contributed by atoms with Crippen LogP contribution in [0.4, 0.5) is 5.69 Å². The highest BCUT2D eigenvalue weighted by Gasteiger charge is 2.38. The van der Waals surface area contributed by atoms with Crippen LogP contribution in [0.5, 0.6) is 5.75 Å². The number of rotatable bonds is 7. The standard InChI is InChI=1S/C23H22N2O7/c1-13-9-15(32-12-20(26)27)5-7-19(13)24-21(28)14-4-6-17-18(10-14)23(30)25(22(17)29)11-16-3-2-8-31-16/h4-7,9-10,16H,2-3,8,11-12H2,1H3,(H,24,28)(H,26,27). The third-order valence-corrected chi connectivity index (χ3v) is 5.45. The molecule has 0 aliphatic carbocycles. The summed E-state index contributed by atoms with van der Waals surface area (Å²) in [6, 6.07) is 9.21. The van der Waals surface area contributed by atoms with Crippen molar-refractivity contribution in [2.24, 2.45) is 0 Å². The topological polar surface area (TPSA) is 122 Å². The summed E-state index contributed by atoms with van der Waals surface area (Å²) in [5, 5.41) is 11.5. The van der Waals surface area contributed by atoms with Crippen molar-refractivity contribution in [1.29, 1.82) is 0 Å². The number of carboxylic acids is 1. The molecule has 0 radical (unpaired) electrons. The first-order valence-corrected chi connectivity index (χ1v) is 10.2. The predicted molar refractivity (Wildman–Crippen MR) is 113 cm³/mol. The minimum absolute atomic E-state index is 0.148. The largest absolute Gasteiger partial charge is 0.482 e. The fourth-order valence-electron chi connectivity index (χ4n) is 3.80. The Balaban J connectivity index is 1.47. The highest BCUT2D eigenvalue weighted by molar-refractivity contribution is 6.22. The number of ether oxygens (including phenoxy) is 2. The first-order chi connectivity index (χ1) is 15.3. The number of fused-ring (bicyclic) bond motifs is 1. The van der Waals surface area contributed by atoms with E-state index in [4.69, 9.17) is 14.6 Å². The summed E-state index contributed by atoms with van der Waals surface area (Å²) in [6.45, 7) is 2.13. The second-order valence-corrected chi connectivity index (χ2v) is 7.73. The molecule has 0 spiro atoms. The Morgan fingerprint density at radius 2 is 1.94 bits per heavy atom. The van der Waals surface area contributed by atoms with Gasteiger partial charge in [0, 0.05) is 17.9 Å². The fourth-order valence-corrected chi connectivity index (χ4v) is 3.80. The van der Waals surface area contributed by atoms with Crippen LogP contribution in [0.25, 0.3) is 0 Å². The average molecular weight is 438 g/mol. The monoisotopic (exact) mass is 438 g/mol. The second-order valence-electron chi connectivity index (χ2n) is 7.73. The first-order valence-electron chi connectivity index (χ1n) is 10.2. The molecule has 2 aliphatic rings. The molecule has 32 heavy (non-hydrogen) atoms. The summed E-state index contributed by atoms with van der Waals surface area (Å²) < 4.78 is 10.7. The van der Waals surface area contributed by atoms with Crippen molar-refractivity contribution < 1.29 is 33.8 Å². The minimum atomic E-state index is -1.08. The molecule has 2 heterocycles. The molecule has 0 bridgehead atoms. The van der Waals surface area contributed by atoms with Gasteiger partial charge in [-0.1, -0.05) is 0 Å². The first kappa shape index (κ1) is 21.5. The van der Waals surface area contributed by atoms with Crippen LogP contribution < -0.4 is 10.1 Å². The Bertz CT molecular complexity index is 1110. The van der Waals surface area contributed by atoms with Crippen LogP contribution in [-0.2, 0) is 9.53 Å². The predicted octanol–water partition coefficient (Wildman–Crippen LogP) is 2.49. The van der Waals surface area contributed by atoms with E-state index in [0.29, 0.717) is 23.6 Å². The van der Waals surface area contributed by atoms with Gasteiger partial charge in [0.05, 0.1) is 23.8 Å². The van der Waals surface area contributed by atoms with Gasteiger partial charge < -0.3 is 19.9 Å². The summed E-state index contributed by atoms with van der Waals surface area (Å²) in [5.41, 5.74) is 1.92. The quantitative estimate of drug-likeness (QED) is 0.637. The number of carboxylic acid groups (broad SMARTS) is 1. The van der Waals surface area contributed by atoms with Gasteiger partial charge in [-0.25, -0.2) is 4.79 Å². The number of imide groups is 1. The van der Waals surface area contributed by atoms with E-state index < -0.39 is 24.4 Å². The molecule has 9 heteroatoms. The number of hydrogen-bond acceptors (Lipinski definition) is 6. The molecular weight excluding hydrogens is 416 g/mol. The maximum absolute atomic E-state index is 12.8. The number of benzene rings is 2. The lowest BCUT2D eigenvalue weighted by molar-refractivity contribution is -0.139. The van der Waals surface area contributed by atoms with Crippen LogP contribution in [-0.4, -0.2) is 59.6 Å². The zero-order chi connectivity index (χ0) is 22.8. The zero-order valence-corrected chi connectivity index (χ0v) is 17.4. The molecule has 3 amide bonds. The summed E-state index contributed by atoms with van der Waals surface area (Å²) in [5.74, 6) is -1.95. The van der Waals surface area contributed by atoms with E-state index in [1.807, 2.05) is 0 Å². The normalized spacial score (nSPS) is 17.4. The molecular formula is C23H22N2O7. The van der Waals surface area contributed by atoms with E-state index in [1.54, 1.807) is 25.1 Å². The lowest BCUT2D eigenvalue weighted by Gasteiger charge is -2.17. The molecule has 2 aromatic rings. The van der Waals surface area contributed by atoms with Gasteiger partial charge in [0.2, 0.25) is 0 Å². The van der Waals surface area contributed by atoms with Gasteiger partial charge in [-0.3, -0.25) is 19.3 Å². The lowest BCUT2D eigenvalue weighted by atomic mass is 10.0. The highest BCUT2D eigenvalue weighted by Crippen LogP contribution is 2.27. The molecule has 166 valence electrons. The van der Waals surface area contributed by atoms with E-state index in [0.717, 1.165) is 12.8 Å². The molecule has 9 nitrogen and oxygen atoms in total. The average Bonchev–Trinajstić information content (AvgIpc) is 3.36. The number of aliphatic carboxylic acids is 1. The number of aryl methyl sites for hydroxylation is 1. The van der Waals surface area contributed by atoms with E-state index >= 15 is 0 Å². The van der Waals surface area contributed by atoms with Gasteiger partial charge >= 0.3 is 5.97 Å².